The van der Waals surface area contributed by atoms with Crippen molar-refractivity contribution in [2.24, 2.45) is 5.84 Å². The molecular weight excluding hydrogens is 306 g/mol. The molecule has 1 aromatic rings. The van der Waals surface area contributed by atoms with Crippen molar-refractivity contribution in [3.8, 4) is 0 Å². The van der Waals surface area contributed by atoms with Gasteiger partial charge in [0.2, 0.25) is 0 Å². The molecule has 0 spiro atoms. The number of nitrogens with two attached hydrogens (primary N) is 1. The van der Waals surface area contributed by atoms with E-state index in [1.165, 1.54) is 18.4 Å². The molecule has 1 heterocycles. The third kappa shape index (κ3) is 2.71. The average Bonchev–Trinajstić information content (AvgIpc) is 2.34. The van der Waals surface area contributed by atoms with Gasteiger partial charge in [-0.05, 0) is 30.5 Å². The summed E-state index contributed by atoms with van der Waals surface area (Å²) in [7, 11) is 0. The Kier molecular flexibility index (Phi) is 4.31. The number of halogens is 3. The summed E-state index contributed by atoms with van der Waals surface area (Å²) in [6.45, 7) is 0.617. The number of rotatable bonds is 3. The van der Waals surface area contributed by atoms with Gasteiger partial charge in [-0.15, -0.1) is 0 Å². The van der Waals surface area contributed by atoms with Crippen LogP contribution in [0.3, 0.4) is 0 Å². The Balaban J connectivity index is 2.41. The van der Waals surface area contributed by atoms with Crippen molar-refractivity contribution in [2.45, 2.75) is 18.9 Å². The number of hydrogen-bond acceptors (Lipinski definition) is 3. The number of nitrogens with one attached hydrogen (secondary N) is 1. The van der Waals surface area contributed by atoms with Crippen molar-refractivity contribution in [1.82, 2.24) is 5.43 Å². The number of benzene rings is 1. The van der Waals surface area contributed by atoms with Gasteiger partial charge in [-0.3, -0.25) is 5.84 Å². The number of ether oxygens (including phenoxy) is 1. The fraction of sp³-hybridized carbons (Fsp3) is 0.333. The third-order valence-corrected chi connectivity index (χ3v) is 3.29. The molecule has 1 atom stereocenters. The molecule has 0 bridgehead atoms. The Bertz CT molecular complexity index is 456. The SMILES string of the molecule is NNC(C1=COCCC1)c1c(F)cc(Br)cc1F. The summed E-state index contributed by atoms with van der Waals surface area (Å²) in [5.74, 6) is 4.14. The largest absolute Gasteiger partial charge is 0.501 e. The van der Waals surface area contributed by atoms with Crippen LogP contribution >= 0.6 is 15.9 Å². The van der Waals surface area contributed by atoms with Gasteiger partial charge in [-0.2, -0.15) is 0 Å². The number of hydrogen-bond donors (Lipinski definition) is 2. The highest BCUT2D eigenvalue weighted by Gasteiger charge is 2.24. The molecule has 98 valence electrons. The molecule has 0 aromatic heterocycles. The summed E-state index contributed by atoms with van der Waals surface area (Å²) in [6.07, 6.45) is 3.03. The van der Waals surface area contributed by atoms with E-state index in [4.69, 9.17) is 10.6 Å². The van der Waals surface area contributed by atoms with E-state index >= 15 is 0 Å². The molecule has 0 radical (unpaired) electrons. The molecular formula is C12H13BrF2N2O. The lowest BCUT2D eigenvalue weighted by Gasteiger charge is -2.23. The zero-order valence-corrected chi connectivity index (χ0v) is 11.1. The molecule has 2 rings (SSSR count). The molecule has 3 N–H and O–H groups in total. The summed E-state index contributed by atoms with van der Waals surface area (Å²) in [4.78, 5) is 0. The zero-order valence-electron chi connectivity index (χ0n) is 9.55. The van der Waals surface area contributed by atoms with Crippen LogP contribution in [0.25, 0.3) is 0 Å². The predicted octanol–water partition coefficient (Wildman–Crippen LogP) is 2.93. The van der Waals surface area contributed by atoms with Gasteiger partial charge >= 0.3 is 0 Å². The molecule has 1 unspecified atom stereocenters. The lowest BCUT2D eigenvalue weighted by molar-refractivity contribution is 0.219. The van der Waals surface area contributed by atoms with Crippen molar-refractivity contribution >= 4 is 15.9 Å². The minimum absolute atomic E-state index is 0.0857. The summed E-state index contributed by atoms with van der Waals surface area (Å²) >= 11 is 3.04. The summed E-state index contributed by atoms with van der Waals surface area (Å²) < 4.78 is 33.3. The third-order valence-electron chi connectivity index (χ3n) is 2.83. The van der Waals surface area contributed by atoms with E-state index in [-0.39, 0.29) is 5.56 Å². The summed E-state index contributed by atoms with van der Waals surface area (Å²) in [5.41, 5.74) is 3.10. The average molecular weight is 319 g/mol. The van der Waals surface area contributed by atoms with Crippen molar-refractivity contribution in [1.29, 1.82) is 0 Å². The van der Waals surface area contributed by atoms with Crippen molar-refractivity contribution in [3.63, 3.8) is 0 Å². The van der Waals surface area contributed by atoms with Crippen LogP contribution in [0.4, 0.5) is 8.78 Å². The molecule has 0 amide bonds. The minimum Gasteiger partial charge on any atom is -0.501 e. The van der Waals surface area contributed by atoms with E-state index in [1.807, 2.05) is 0 Å². The molecule has 1 aromatic carbocycles. The Labute approximate surface area is 112 Å². The van der Waals surface area contributed by atoms with Gasteiger partial charge in [-0.1, -0.05) is 15.9 Å². The lowest BCUT2D eigenvalue weighted by atomic mass is 9.95. The molecule has 0 fully saturated rings. The Morgan fingerprint density at radius 3 is 2.50 bits per heavy atom. The second kappa shape index (κ2) is 5.77. The van der Waals surface area contributed by atoms with E-state index in [9.17, 15) is 8.78 Å². The van der Waals surface area contributed by atoms with Gasteiger partial charge in [0.05, 0.1) is 18.9 Å². The van der Waals surface area contributed by atoms with Crippen LogP contribution < -0.4 is 11.3 Å². The van der Waals surface area contributed by atoms with E-state index in [0.717, 1.165) is 12.0 Å². The minimum atomic E-state index is -0.710. The monoisotopic (exact) mass is 318 g/mol. The van der Waals surface area contributed by atoms with Crippen molar-refractivity contribution in [2.75, 3.05) is 6.61 Å². The Hall–Kier alpha value is -0.980. The summed E-state index contributed by atoms with van der Waals surface area (Å²) in [6, 6.07) is 1.72. The fourth-order valence-corrected chi connectivity index (χ4v) is 2.40. The molecule has 0 aliphatic carbocycles. The predicted molar refractivity (Wildman–Crippen MR) is 67.4 cm³/mol. The van der Waals surface area contributed by atoms with Crippen LogP contribution in [0.5, 0.6) is 0 Å². The standard InChI is InChI=1S/C12H13BrF2N2O/c13-8-4-9(14)11(10(15)5-8)12(17-16)7-2-1-3-18-6-7/h4-6,12,17H,1-3,16H2. The van der Waals surface area contributed by atoms with Crippen molar-refractivity contribution in [3.05, 3.63) is 45.6 Å². The molecule has 0 saturated carbocycles. The highest BCUT2D eigenvalue weighted by Crippen LogP contribution is 2.32. The van der Waals surface area contributed by atoms with Crippen LogP contribution in [0.15, 0.2) is 28.4 Å². The topological polar surface area (TPSA) is 47.3 Å². The van der Waals surface area contributed by atoms with Crippen molar-refractivity contribution < 1.29 is 13.5 Å². The maximum Gasteiger partial charge on any atom is 0.132 e. The first-order valence-electron chi connectivity index (χ1n) is 5.54. The van der Waals surface area contributed by atoms with Crippen LogP contribution in [0, 0.1) is 11.6 Å². The fourth-order valence-electron chi connectivity index (χ4n) is 2.00. The summed E-state index contributed by atoms with van der Waals surface area (Å²) in [5, 5.41) is 0. The molecule has 1 aliphatic rings. The molecule has 1 aliphatic heterocycles. The first-order valence-corrected chi connectivity index (χ1v) is 6.34. The van der Waals surface area contributed by atoms with Gasteiger partial charge in [0.15, 0.2) is 0 Å². The zero-order chi connectivity index (χ0) is 13.1. The second-order valence-electron chi connectivity index (χ2n) is 4.05. The first kappa shape index (κ1) is 13.5. The van der Waals surface area contributed by atoms with Gasteiger partial charge in [0, 0.05) is 10.0 Å². The highest BCUT2D eigenvalue weighted by molar-refractivity contribution is 9.10. The van der Waals surface area contributed by atoms with Gasteiger partial charge in [0.1, 0.15) is 11.6 Å². The van der Waals surface area contributed by atoms with E-state index < -0.39 is 17.7 Å². The molecule has 6 heteroatoms. The maximum atomic E-state index is 13.9. The second-order valence-corrected chi connectivity index (χ2v) is 4.97. The molecule has 18 heavy (non-hydrogen) atoms. The lowest BCUT2D eigenvalue weighted by Crippen LogP contribution is -2.31. The van der Waals surface area contributed by atoms with Gasteiger partial charge in [-0.25, -0.2) is 14.2 Å². The van der Waals surface area contributed by atoms with E-state index in [0.29, 0.717) is 17.5 Å². The maximum absolute atomic E-state index is 13.9. The Morgan fingerprint density at radius 2 is 2.00 bits per heavy atom. The Morgan fingerprint density at radius 1 is 1.33 bits per heavy atom. The molecule has 0 saturated heterocycles. The van der Waals surface area contributed by atoms with E-state index in [1.54, 1.807) is 0 Å². The van der Waals surface area contributed by atoms with Crippen LogP contribution in [0.1, 0.15) is 24.4 Å². The van der Waals surface area contributed by atoms with Crippen LogP contribution in [-0.4, -0.2) is 6.61 Å². The highest BCUT2D eigenvalue weighted by atomic mass is 79.9. The van der Waals surface area contributed by atoms with Gasteiger partial charge < -0.3 is 4.74 Å². The van der Waals surface area contributed by atoms with Crippen LogP contribution in [-0.2, 0) is 4.74 Å². The smallest absolute Gasteiger partial charge is 0.132 e. The quantitative estimate of drug-likeness (QED) is 0.665. The van der Waals surface area contributed by atoms with E-state index in [2.05, 4.69) is 21.4 Å². The van der Waals surface area contributed by atoms with Gasteiger partial charge in [0.25, 0.3) is 0 Å². The van der Waals surface area contributed by atoms with Crippen LogP contribution in [0.2, 0.25) is 0 Å². The molecule has 3 nitrogen and oxygen atoms in total. The number of hydrazine groups is 1. The first-order chi connectivity index (χ1) is 8.63. The normalized spacial score (nSPS) is 17.0.